The van der Waals surface area contributed by atoms with Crippen LogP contribution in [0.15, 0.2) is 84.5 Å². The number of nitrogens with one attached hydrogen (secondary N) is 2. The number of thiazole rings is 1. The molecule has 0 radical (unpaired) electrons. The molecule has 6 heteroatoms. The van der Waals surface area contributed by atoms with Gasteiger partial charge in [0.15, 0.2) is 5.13 Å². The monoisotopic (exact) mass is 372 g/mol. The molecule has 2 N–H and O–H groups in total. The number of hydrogen-bond donors (Lipinski definition) is 2. The normalized spacial score (nSPS) is 10.4. The number of carbonyl (C=O) groups is 1. The number of pyridine rings is 1. The summed E-state index contributed by atoms with van der Waals surface area (Å²) in [6, 6.07) is 20.6. The second kappa shape index (κ2) is 7.80. The van der Waals surface area contributed by atoms with Crippen LogP contribution in [-0.2, 0) is 0 Å². The van der Waals surface area contributed by atoms with Crippen molar-refractivity contribution in [2.24, 2.45) is 0 Å². The molecule has 0 fully saturated rings. The van der Waals surface area contributed by atoms with Crippen molar-refractivity contribution < 1.29 is 4.79 Å². The smallest absolute Gasteiger partial charge is 0.255 e. The number of carbonyl (C=O) groups excluding carboxylic acids is 1. The molecule has 0 spiro atoms. The number of aromatic nitrogens is 2. The predicted octanol–water partition coefficient (Wildman–Crippen LogP) is 5.20. The van der Waals surface area contributed by atoms with Gasteiger partial charge < -0.3 is 10.6 Å². The van der Waals surface area contributed by atoms with Crippen LogP contribution in [-0.4, -0.2) is 15.9 Å². The minimum Gasteiger partial charge on any atom is -0.332 e. The molecule has 27 heavy (non-hydrogen) atoms. The van der Waals surface area contributed by atoms with E-state index in [4.69, 9.17) is 0 Å². The Kier molecular flexibility index (Phi) is 4.89. The summed E-state index contributed by atoms with van der Waals surface area (Å²) >= 11 is 1.54. The van der Waals surface area contributed by atoms with Gasteiger partial charge >= 0.3 is 0 Å². The first kappa shape index (κ1) is 16.9. The number of amides is 1. The van der Waals surface area contributed by atoms with E-state index in [1.54, 1.807) is 24.5 Å². The van der Waals surface area contributed by atoms with Crippen LogP contribution in [0.4, 0.5) is 16.5 Å². The third-order valence-electron chi connectivity index (χ3n) is 3.91. The average molecular weight is 372 g/mol. The first-order chi connectivity index (χ1) is 13.3. The zero-order valence-corrected chi connectivity index (χ0v) is 15.1. The van der Waals surface area contributed by atoms with Crippen LogP contribution in [0.2, 0.25) is 0 Å². The van der Waals surface area contributed by atoms with Crippen LogP contribution in [0.3, 0.4) is 0 Å². The van der Waals surface area contributed by atoms with Crippen molar-refractivity contribution in [2.45, 2.75) is 0 Å². The topological polar surface area (TPSA) is 66.9 Å². The van der Waals surface area contributed by atoms with Crippen LogP contribution < -0.4 is 10.6 Å². The molecule has 2 aromatic carbocycles. The van der Waals surface area contributed by atoms with Crippen molar-refractivity contribution in [3.8, 4) is 11.3 Å². The van der Waals surface area contributed by atoms with Crippen LogP contribution in [0.25, 0.3) is 11.3 Å². The minimum atomic E-state index is -0.127. The molecule has 0 bridgehead atoms. The molecule has 0 aliphatic heterocycles. The molecule has 0 aliphatic carbocycles. The van der Waals surface area contributed by atoms with E-state index in [0.29, 0.717) is 5.56 Å². The molecule has 0 saturated heterocycles. The number of benzene rings is 2. The summed E-state index contributed by atoms with van der Waals surface area (Å²) in [4.78, 5) is 20.8. The highest BCUT2D eigenvalue weighted by Crippen LogP contribution is 2.27. The van der Waals surface area contributed by atoms with E-state index in [0.717, 1.165) is 27.8 Å². The molecule has 2 heterocycles. The molecule has 5 nitrogen and oxygen atoms in total. The van der Waals surface area contributed by atoms with Gasteiger partial charge in [-0.25, -0.2) is 4.98 Å². The zero-order valence-electron chi connectivity index (χ0n) is 14.3. The Morgan fingerprint density at radius 2 is 1.56 bits per heavy atom. The molecule has 0 aliphatic rings. The number of nitrogens with zero attached hydrogens (tertiary/aromatic N) is 2. The Morgan fingerprint density at radius 1 is 0.852 bits per heavy atom. The highest BCUT2D eigenvalue weighted by atomic mass is 32.1. The van der Waals surface area contributed by atoms with Gasteiger partial charge in [-0.15, -0.1) is 11.3 Å². The van der Waals surface area contributed by atoms with E-state index in [1.165, 1.54) is 11.3 Å². The summed E-state index contributed by atoms with van der Waals surface area (Å²) in [6.07, 6.45) is 3.51. The number of hydrogen-bond acceptors (Lipinski definition) is 5. The standard InChI is InChI=1S/C21H16N4OS/c26-20(16-4-2-1-3-5-16)23-17-6-8-18(9-7-17)24-21-25-19(14-27-21)15-10-12-22-13-11-15/h1-14H,(H,23,26)(H,24,25). The Bertz CT molecular complexity index is 1030. The fourth-order valence-electron chi connectivity index (χ4n) is 2.54. The second-order valence-electron chi connectivity index (χ2n) is 5.80. The van der Waals surface area contributed by atoms with Gasteiger partial charge in [0.2, 0.25) is 0 Å². The first-order valence-electron chi connectivity index (χ1n) is 8.37. The molecule has 4 aromatic rings. The third-order valence-corrected chi connectivity index (χ3v) is 4.67. The summed E-state index contributed by atoms with van der Waals surface area (Å²) in [6.45, 7) is 0. The first-order valence-corrected chi connectivity index (χ1v) is 9.25. The second-order valence-corrected chi connectivity index (χ2v) is 6.65. The van der Waals surface area contributed by atoms with Gasteiger partial charge in [-0.1, -0.05) is 18.2 Å². The Balaban J connectivity index is 1.41. The molecule has 1 amide bonds. The van der Waals surface area contributed by atoms with Crippen molar-refractivity contribution in [1.82, 2.24) is 9.97 Å². The lowest BCUT2D eigenvalue weighted by Gasteiger charge is -2.07. The Hall–Kier alpha value is -3.51. The lowest BCUT2D eigenvalue weighted by molar-refractivity contribution is 0.102. The van der Waals surface area contributed by atoms with Crippen molar-refractivity contribution >= 4 is 33.8 Å². The van der Waals surface area contributed by atoms with Gasteiger partial charge in [-0.2, -0.15) is 0 Å². The maximum absolute atomic E-state index is 12.2. The lowest BCUT2D eigenvalue weighted by atomic mass is 10.2. The van der Waals surface area contributed by atoms with Crippen molar-refractivity contribution in [1.29, 1.82) is 0 Å². The third kappa shape index (κ3) is 4.19. The van der Waals surface area contributed by atoms with Crippen LogP contribution in [0.5, 0.6) is 0 Å². The van der Waals surface area contributed by atoms with E-state index in [9.17, 15) is 4.79 Å². The largest absolute Gasteiger partial charge is 0.332 e. The zero-order chi connectivity index (χ0) is 18.5. The molecule has 4 rings (SSSR count). The maximum atomic E-state index is 12.2. The van der Waals surface area contributed by atoms with Crippen molar-refractivity contribution in [3.63, 3.8) is 0 Å². The van der Waals surface area contributed by atoms with Gasteiger partial charge in [0.25, 0.3) is 5.91 Å². The molecule has 132 valence electrons. The highest BCUT2D eigenvalue weighted by Gasteiger charge is 2.07. The van der Waals surface area contributed by atoms with Gasteiger partial charge in [0, 0.05) is 40.3 Å². The number of anilines is 3. The summed E-state index contributed by atoms with van der Waals surface area (Å²) in [5.41, 5.74) is 4.23. The van der Waals surface area contributed by atoms with E-state index in [1.807, 2.05) is 60.0 Å². The van der Waals surface area contributed by atoms with Gasteiger partial charge in [0.1, 0.15) is 0 Å². The van der Waals surface area contributed by atoms with Gasteiger partial charge in [-0.05, 0) is 48.5 Å². The summed E-state index contributed by atoms with van der Waals surface area (Å²) in [5, 5.41) is 8.99. The molecular weight excluding hydrogens is 356 g/mol. The van der Waals surface area contributed by atoms with E-state index in [-0.39, 0.29) is 5.91 Å². The maximum Gasteiger partial charge on any atom is 0.255 e. The fourth-order valence-corrected chi connectivity index (χ4v) is 3.28. The Labute approximate surface area is 160 Å². The predicted molar refractivity (Wildman–Crippen MR) is 109 cm³/mol. The Morgan fingerprint density at radius 3 is 2.30 bits per heavy atom. The molecule has 0 unspecified atom stereocenters. The van der Waals surface area contributed by atoms with Crippen LogP contribution in [0.1, 0.15) is 10.4 Å². The minimum absolute atomic E-state index is 0.127. The average Bonchev–Trinajstić information content (AvgIpc) is 3.19. The molecule has 2 aromatic heterocycles. The van der Waals surface area contributed by atoms with Crippen LogP contribution in [0, 0.1) is 0 Å². The van der Waals surface area contributed by atoms with E-state index < -0.39 is 0 Å². The van der Waals surface area contributed by atoms with E-state index in [2.05, 4.69) is 20.6 Å². The molecular formula is C21H16N4OS. The molecule has 0 atom stereocenters. The van der Waals surface area contributed by atoms with Crippen molar-refractivity contribution in [3.05, 3.63) is 90.1 Å². The van der Waals surface area contributed by atoms with Crippen LogP contribution >= 0.6 is 11.3 Å². The highest BCUT2D eigenvalue weighted by molar-refractivity contribution is 7.14. The summed E-state index contributed by atoms with van der Waals surface area (Å²) in [7, 11) is 0. The SMILES string of the molecule is O=C(Nc1ccc(Nc2nc(-c3ccncc3)cs2)cc1)c1ccccc1. The van der Waals surface area contributed by atoms with Gasteiger partial charge in [-0.3, -0.25) is 9.78 Å². The van der Waals surface area contributed by atoms with Gasteiger partial charge in [0.05, 0.1) is 5.69 Å². The lowest BCUT2D eigenvalue weighted by Crippen LogP contribution is -2.11. The quantitative estimate of drug-likeness (QED) is 0.505. The number of rotatable bonds is 5. The van der Waals surface area contributed by atoms with Crippen molar-refractivity contribution in [2.75, 3.05) is 10.6 Å². The van der Waals surface area contributed by atoms with E-state index >= 15 is 0 Å². The summed E-state index contributed by atoms with van der Waals surface area (Å²) in [5.74, 6) is -0.127. The fraction of sp³-hybridized carbons (Fsp3) is 0. The molecule has 0 saturated carbocycles. The summed E-state index contributed by atoms with van der Waals surface area (Å²) < 4.78 is 0.